The number of hydrogen-bond donors (Lipinski definition) is 1. The van der Waals surface area contributed by atoms with Gasteiger partial charge < -0.3 is 5.32 Å². The van der Waals surface area contributed by atoms with Gasteiger partial charge in [0.15, 0.2) is 0 Å². The van der Waals surface area contributed by atoms with Crippen molar-refractivity contribution >= 4 is 29.0 Å². The zero-order valence-electron chi connectivity index (χ0n) is 9.95. The number of halogens is 2. The molecule has 0 saturated carbocycles. The molecule has 0 saturated heterocycles. The highest BCUT2D eigenvalue weighted by Crippen LogP contribution is 2.32. The van der Waals surface area contributed by atoms with E-state index in [9.17, 15) is 0 Å². The molecule has 1 N–H and O–H groups in total. The van der Waals surface area contributed by atoms with E-state index in [1.165, 1.54) is 0 Å². The molecular formula is C13H13Cl2N3. The van der Waals surface area contributed by atoms with Gasteiger partial charge in [-0.15, -0.1) is 10.2 Å². The molecule has 0 amide bonds. The lowest BCUT2D eigenvalue weighted by atomic mass is 10.1. The van der Waals surface area contributed by atoms with Crippen molar-refractivity contribution in [1.29, 1.82) is 0 Å². The van der Waals surface area contributed by atoms with Gasteiger partial charge in [0.1, 0.15) is 5.82 Å². The first-order valence-electron chi connectivity index (χ1n) is 5.74. The van der Waals surface area contributed by atoms with Gasteiger partial charge in [-0.1, -0.05) is 42.3 Å². The average molecular weight is 282 g/mol. The Morgan fingerprint density at radius 1 is 1.11 bits per heavy atom. The molecule has 0 aliphatic rings. The molecule has 1 heterocycles. The topological polar surface area (TPSA) is 37.8 Å². The second kappa shape index (κ2) is 6.03. The molecule has 94 valence electrons. The maximum absolute atomic E-state index is 6.14. The van der Waals surface area contributed by atoms with E-state index in [-0.39, 0.29) is 0 Å². The summed E-state index contributed by atoms with van der Waals surface area (Å²) in [7, 11) is 0. The van der Waals surface area contributed by atoms with Crippen LogP contribution in [-0.2, 0) is 0 Å². The van der Waals surface area contributed by atoms with Gasteiger partial charge in [0.05, 0.1) is 15.7 Å². The summed E-state index contributed by atoms with van der Waals surface area (Å²) in [4.78, 5) is 0. The predicted molar refractivity (Wildman–Crippen MR) is 76.3 cm³/mol. The van der Waals surface area contributed by atoms with E-state index in [0.29, 0.717) is 15.7 Å². The Hall–Kier alpha value is -1.32. The monoisotopic (exact) mass is 281 g/mol. The van der Waals surface area contributed by atoms with Crippen LogP contribution in [-0.4, -0.2) is 16.7 Å². The third-order valence-electron chi connectivity index (χ3n) is 2.45. The van der Waals surface area contributed by atoms with E-state index < -0.39 is 0 Å². The third-order valence-corrected chi connectivity index (χ3v) is 3.27. The van der Waals surface area contributed by atoms with Crippen molar-refractivity contribution in [2.75, 3.05) is 11.9 Å². The van der Waals surface area contributed by atoms with Gasteiger partial charge in [-0.3, -0.25) is 0 Å². The highest BCUT2D eigenvalue weighted by Gasteiger charge is 2.08. The van der Waals surface area contributed by atoms with E-state index in [1.54, 1.807) is 6.07 Å². The van der Waals surface area contributed by atoms with Gasteiger partial charge in [0, 0.05) is 12.1 Å². The molecule has 0 aliphatic heterocycles. The molecule has 0 bridgehead atoms. The standard InChI is InChI=1S/C13H13Cl2N3/c1-2-8-16-12-7-6-11(17-18-12)9-4-3-5-10(14)13(9)15/h3-7H,2,8H2,1H3,(H,16,18). The Balaban J connectivity index is 2.26. The fourth-order valence-corrected chi connectivity index (χ4v) is 1.92. The second-order valence-corrected chi connectivity index (χ2v) is 4.62. The van der Waals surface area contributed by atoms with Crippen molar-refractivity contribution in [2.24, 2.45) is 0 Å². The van der Waals surface area contributed by atoms with Crippen LogP contribution in [0.15, 0.2) is 30.3 Å². The summed E-state index contributed by atoms with van der Waals surface area (Å²) in [6.45, 7) is 2.98. The van der Waals surface area contributed by atoms with Crippen LogP contribution in [0.3, 0.4) is 0 Å². The first-order valence-corrected chi connectivity index (χ1v) is 6.50. The fraction of sp³-hybridized carbons (Fsp3) is 0.231. The van der Waals surface area contributed by atoms with Crippen LogP contribution in [0.1, 0.15) is 13.3 Å². The van der Waals surface area contributed by atoms with Gasteiger partial charge in [-0.25, -0.2) is 0 Å². The Labute approximate surface area is 116 Å². The first-order chi connectivity index (χ1) is 8.72. The lowest BCUT2D eigenvalue weighted by Crippen LogP contribution is -2.02. The minimum Gasteiger partial charge on any atom is -0.369 e. The largest absolute Gasteiger partial charge is 0.369 e. The molecule has 0 spiro atoms. The van der Waals surface area contributed by atoms with Crippen LogP contribution < -0.4 is 5.32 Å². The smallest absolute Gasteiger partial charge is 0.148 e. The van der Waals surface area contributed by atoms with Crippen molar-refractivity contribution in [3.63, 3.8) is 0 Å². The summed E-state index contributed by atoms with van der Waals surface area (Å²) in [5, 5.41) is 12.4. The lowest BCUT2D eigenvalue weighted by molar-refractivity contribution is 0.945. The predicted octanol–water partition coefficient (Wildman–Crippen LogP) is 4.27. The Bertz CT molecular complexity index is 526. The number of rotatable bonds is 4. The Kier molecular flexibility index (Phi) is 4.39. The molecule has 0 fully saturated rings. The summed E-state index contributed by atoms with van der Waals surface area (Å²) in [6, 6.07) is 9.22. The number of aromatic nitrogens is 2. The number of anilines is 1. The minimum absolute atomic E-state index is 0.503. The number of benzene rings is 1. The molecule has 1 aromatic heterocycles. The zero-order chi connectivity index (χ0) is 13.0. The van der Waals surface area contributed by atoms with Crippen LogP contribution in [0.25, 0.3) is 11.3 Å². The average Bonchev–Trinajstić information content (AvgIpc) is 2.40. The van der Waals surface area contributed by atoms with Crippen molar-refractivity contribution in [2.45, 2.75) is 13.3 Å². The zero-order valence-corrected chi connectivity index (χ0v) is 11.5. The highest BCUT2D eigenvalue weighted by molar-refractivity contribution is 6.43. The summed E-state index contributed by atoms with van der Waals surface area (Å²) < 4.78 is 0. The number of nitrogens with zero attached hydrogens (tertiary/aromatic N) is 2. The molecule has 0 aliphatic carbocycles. The van der Waals surface area contributed by atoms with E-state index in [2.05, 4.69) is 22.4 Å². The van der Waals surface area contributed by atoms with Crippen molar-refractivity contribution in [1.82, 2.24) is 10.2 Å². The number of nitrogens with one attached hydrogen (secondary N) is 1. The summed E-state index contributed by atoms with van der Waals surface area (Å²) in [5.41, 5.74) is 1.50. The maximum Gasteiger partial charge on any atom is 0.148 e. The SMILES string of the molecule is CCCNc1ccc(-c2cccc(Cl)c2Cl)nn1. The molecule has 0 radical (unpaired) electrons. The van der Waals surface area contributed by atoms with E-state index in [0.717, 1.165) is 24.3 Å². The van der Waals surface area contributed by atoms with Crippen molar-refractivity contribution < 1.29 is 0 Å². The van der Waals surface area contributed by atoms with Gasteiger partial charge in [0.25, 0.3) is 0 Å². The molecule has 18 heavy (non-hydrogen) atoms. The van der Waals surface area contributed by atoms with Crippen molar-refractivity contribution in [3.8, 4) is 11.3 Å². The van der Waals surface area contributed by atoms with Gasteiger partial charge in [-0.2, -0.15) is 0 Å². The lowest BCUT2D eigenvalue weighted by Gasteiger charge is -2.06. The molecule has 2 aromatic rings. The van der Waals surface area contributed by atoms with Gasteiger partial charge in [0.2, 0.25) is 0 Å². The fourth-order valence-electron chi connectivity index (χ4n) is 1.52. The normalized spacial score (nSPS) is 10.4. The quantitative estimate of drug-likeness (QED) is 0.909. The number of hydrogen-bond acceptors (Lipinski definition) is 3. The molecular weight excluding hydrogens is 269 g/mol. The summed E-state index contributed by atoms with van der Waals surface area (Å²) in [6.07, 6.45) is 1.05. The van der Waals surface area contributed by atoms with E-state index in [1.807, 2.05) is 24.3 Å². The summed E-state index contributed by atoms with van der Waals surface area (Å²) in [5.74, 6) is 0.763. The van der Waals surface area contributed by atoms with Crippen LogP contribution >= 0.6 is 23.2 Å². The van der Waals surface area contributed by atoms with Crippen LogP contribution in [0.2, 0.25) is 10.0 Å². The molecule has 3 nitrogen and oxygen atoms in total. The summed E-state index contributed by atoms with van der Waals surface area (Å²) >= 11 is 12.1. The third kappa shape index (κ3) is 2.92. The minimum atomic E-state index is 0.503. The van der Waals surface area contributed by atoms with Crippen molar-refractivity contribution in [3.05, 3.63) is 40.4 Å². The van der Waals surface area contributed by atoms with Gasteiger partial charge in [-0.05, 0) is 24.6 Å². The van der Waals surface area contributed by atoms with E-state index in [4.69, 9.17) is 23.2 Å². The molecule has 1 aromatic carbocycles. The first kappa shape index (κ1) is 13.1. The van der Waals surface area contributed by atoms with E-state index >= 15 is 0 Å². The van der Waals surface area contributed by atoms with Crippen LogP contribution in [0, 0.1) is 0 Å². The molecule has 2 rings (SSSR count). The van der Waals surface area contributed by atoms with Crippen LogP contribution in [0.4, 0.5) is 5.82 Å². The van der Waals surface area contributed by atoms with Gasteiger partial charge >= 0.3 is 0 Å². The van der Waals surface area contributed by atoms with Crippen LogP contribution in [0.5, 0.6) is 0 Å². The second-order valence-electron chi connectivity index (χ2n) is 3.83. The molecule has 5 heteroatoms. The molecule has 0 atom stereocenters. The molecule has 0 unspecified atom stereocenters. The highest BCUT2D eigenvalue weighted by atomic mass is 35.5. The Morgan fingerprint density at radius 2 is 1.94 bits per heavy atom. The maximum atomic E-state index is 6.14. The Morgan fingerprint density at radius 3 is 2.61 bits per heavy atom.